The highest BCUT2D eigenvalue weighted by atomic mass is 79.9. The molecular formula is C9H18BrNO2S. The molecule has 0 aromatic carbocycles. The summed E-state index contributed by atoms with van der Waals surface area (Å²) >= 11 is 3.31. The molecule has 0 bridgehead atoms. The van der Waals surface area contributed by atoms with E-state index < -0.39 is 10.0 Å². The van der Waals surface area contributed by atoms with Crippen LogP contribution in [0.2, 0.25) is 0 Å². The van der Waals surface area contributed by atoms with E-state index in [2.05, 4.69) is 20.7 Å². The van der Waals surface area contributed by atoms with E-state index in [0.29, 0.717) is 5.33 Å². The third-order valence-corrected chi connectivity index (χ3v) is 5.54. The molecule has 3 nitrogen and oxygen atoms in total. The molecule has 0 radical (unpaired) electrons. The maximum Gasteiger partial charge on any atom is 0.214 e. The highest BCUT2D eigenvalue weighted by molar-refractivity contribution is 9.09. The number of alkyl halides is 1. The molecule has 0 saturated heterocycles. The minimum absolute atomic E-state index is 0.0422. The van der Waals surface area contributed by atoms with Gasteiger partial charge in [-0.2, -0.15) is 0 Å². The van der Waals surface area contributed by atoms with Crippen LogP contribution in [0.5, 0.6) is 0 Å². The Bertz CT molecular complexity index is 256. The van der Waals surface area contributed by atoms with E-state index in [1.165, 1.54) is 0 Å². The minimum atomic E-state index is -3.06. The van der Waals surface area contributed by atoms with E-state index in [0.717, 1.165) is 32.1 Å². The quantitative estimate of drug-likeness (QED) is 0.785. The summed E-state index contributed by atoms with van der Waals surface area (Å²) in [6.45, 7) is 1.99. The fourth-order valence-electron chi connectivity index (χ4n) is 1.75. The molecule has 1 fully saturated rings. The molecule has 1 unspecified atom stereocenters. The molecule has 0 aromatic rings. The average Bonchev–Trinajstić information content (AvgIpc) is 2.67. The van der Waals surface area contributed by atoms with E-state index in [9.17, 15) is 8.42 Å². The summed E-state index contributed by atoms with van der Waals surface area (Å²) in [7, 11) is -3.06. The molecule has 0 aliphatic heterocycles. The Hall–Kier alpha value is 0.390. The lowest BCUT2D eigenvalue weighted by Gasteiger charge is -2.17. The van der Waals surface area contributed by atoms with E-state index in [4.69, 9.17) is 0 Å². The second kappa shape index (κ2) is 5.47. The number of rotatable bonds is 5. The van der Waals surface area contributed by atoms with Gasteiger partial charge in [-0.3, -0.25) is 0 Å². The van der Waals surface area contributed by atoms with Crippen LogP contribution in [-0.2, 0) is 10.0 Å². The van der Waals surface area contributed by atoms with Crippen molar-refractivity contribution in [2.24, 2.45) is 0 Å². The Balaban J connectivity index is 2.56. The highest BCUT2D eigenvalue weighted by Crippen LogP contribution is 2.24. The van der Waals surface area contributed by atoms with E-state index in [1.54, 1.807) is 0 Å². The summed E-state index contributed by atoms with van der Waals surface area (Å²) in [6.07, 6.45) is 4.59. The van der Waals surface area contributed by atoms with E-state index >= 15 is 0 Å². The van der Waals surface area contributed by atoms with Crippen molar-refractivity contribution in [1.29, 1.82) is 0 Å². The van der Waals surface area contributed by atoms with Crippen LogP contribution in [0, 0.1) is 0 Å². The van der Waals surface area contributed by atoms with Gasteiger partial charge in [0, 0.05) is 11.4 Å². The second-order valence-corrected chi connectivity index (χ2v) is 6.47. The van der Waals surface area contributed by atoms with Gasteiger partial charge in [-0.05, 0) is 19.3 Å². The fraction of sp³-hybridized carbons (Fsp3) is 1.00. The lowest BCUT2D eigenvalue weighted by molar-refractivity contribution is 0.543. The normalized spacial score (nSPS) is 21.3. The van der Waals surface area contributed by atoms with Gasteiger partial charge in [0.25, 0.3) is 0 Å². The topological polar surface area (TPSA) is 46.2 Å². The summed E-state index contributed by atoms with van der Waals surface area (Å²) in [5.74, 6) is 0. The predicted octanol–water partition coefficient (Wildman–Crippen LogP) is 2.02. The Labute approximate surface area is 94.8 Å². The van der Waals surface area contributed by atoms with Crippen LogP contribution >= 0.6 is 15.9 Å². The Kier molecular flexibility index (Phi) is 4.87. The standard InChI is InChI=1S/C9H18BrNO2S/c1-2-8(7-10)11-14(12,13)9-5-3-4-6-9/h8-9,11H,2-7H2,1H3. The summed E-state index contributed by atoms with van der Waals surface area (Å²) < 4.78 is 26.4. The molecule has 1 rings (SSSR count). The van der Waals surface area contributed by atoms with Crippen molar-refractivity contribution in [1.82, 2.24) is 4.72 Å². The molecule has 5 heteroatoms. The van der Waals surface area contributed by atoms with Gasteiger partial charge in [0.1, 0.15) is 0 Å². The van der Waals surface area contributed by atoms with E-state index in [1.807, 2.05) is 6.92 Å². The van der Waals surface area contributed by atoms with E-state index in [-0.39, 0.29) is 11.3 Å². The molecule has 1 aliphatic carbocycles. The molecule has 1 aliphatic rings. The first-order chi connectivity index (χ1) is 6.60. The number of halogens is 1. The van der Waals surface area contributed by atoms with Crippen LogP contribution in [0.15, 0.2) is 0 Å². The molecule has 0 amide bonds. The van der Waals surface area contributed by atoms with Crippen molar-refractivity contribution in [3.63, 3.8) is 0 Å². The lowest BCUT2D eigenvalue weighted by Crippen LogP contribution is -2.40. The Morgan fingerprint density at radius 3 is 2.43 bits per heavy atom. The van der Waals surface area contributed by atoms with Crippen LogP contribution in [0.4, 0.5) is 0 Å². The molecule has 0 spiro atoms. The molecule has 0 heterocycles. The van der Waals surface area contributed by atoms with Gasteiger partial charge in [0.2, 0.25) is 10.0 Å². The summed E-state index contributed by atoms with van der Waals surface area (Å²) in [6, 6.07) is 0.0422. The maximum atomic E-state index is 11.8. The summed E-state index contributed by atoms with van der Waals surface area (Å²) in [4.78, 5) is 0. The molecule has 0 aromatic heterocycles. The van der Waals surface area contributed by atoms with Gasteiger partial charge in [0.15, 0.2) is 0 Å². The average molecular weight is 284 g/mol. The number of nitrogens with one attached hydrogen (secondary N) is 1. The van der Waals surface area contributed by atoms with Gasteiger partial charge in [0.05, 0.1) is 5.25 Å². The van der Waals surface area contributed by atoms with Crippen molar-refractivity contribution in [3.05, 3.63) is 0 Å². The first kappa shape index (κ1) is 12.5. The SMILES string of the molecule is CCC(CBr)NS(=O)(=O)C1CCCC1. The van der Waals surface area contributed by atoms with Crippen LogP contribution in [0.1, 0.15) is 39.0 Å². The smallest absolute Gasteiger partial charge is 0.212 e. The zero-order chi connectivity index (χ0) is 10.6. The first-order valence-corrected chi connectivity index (χ1v) is 7.84. The third kappa shape index (κ3) is 3.21. The Morgan fingerprint density at radius 2 is 2.00 bits per heavy atom. The van der Waals surface area contributed by atoms with Crippen molar-refractivity contribution in [2.45, 2.75) is 50.3 Å². The molecular weight excluding hydrogens is 266 g/mol. The van der Waals surface area contributed by atoms with Crippen LogP contribution < -0.4 is 4.72 Å². The molecule has 1 saturated carbocycles. The monoisotopic (exact) mass is 283 g/mol. The predicted molar refractivity (Wildman–Crippen MR) is 62.2 cm³/mol. The largest absolute Gasteiger partial charge is 0.214 e. The van der Waals surface area contributed by atoms with Crippen LogP contribution in [0.25, 0.3) is 0 Å². The first-order valence-electron chi connectivity index (χ1n) is 5.17. The highest BCUT2D eigenvalue weighted by Gasteiger charge is 2.29. The Morgan fingerprint density at radius 1 is 1.43 bits per heavy atom. The minimum Gasteiger partial charge on any atom is -0.212 e. The fourth-order valence-corrected chi connectivity index (χ4v) is 4.45. The van der Waals surface area contributed by atoms with Gasteiger partial charge >= 0.3 is 0 Å². The van der Waals surface area contributed by atoms with Crippen molar-refractivity contribution in [3.8, 4) is 0 Å². The van der Waals surface area contributed by atoms with Crippen molar-refractivity contribution >= 4 is 26.0 Å². The maximum absolute atomic E-state index is 11.8. The van der Waals surface area contributed by atoms with Gasteiger partial charge < -0.3 is 0 Å². The number of hydrogen-bond donors (Lipinski definition) is 1. The molecule has 84 valence electrons. The number of hydrogen-bond acceptors (Lipinski definition) is 2. The second-order valence-electron chi connectivity index (χ2n) is 3.83. The van der Waals surface area contributed by atoms with Gasteiger partial charge in [-0.25, -0.2) is 13.1 Å². The molecule has 1 atom stereocenters. The zero-order valence-electron chi connectivity index (χ0n) is 8.50. The number of sulfonamides is 1. The molecule has 14 heavy (non-hydrogen) atoms. The van der Waals surface area contributed by atoms with Gasteiger partial charge in [-0.1, -0.05) is 35.7 Å². The third-order valence-electron chi connectivity index (χ3n) is 2.75. The molecule has 1 N–H and O–H groups in total. The van der Waals surface area contributed by atoms with Crippen molar-refractivity contribution < 1.29 is 8.42 Å². The lowest BCUT2D eigenvalue weighted by atomic mass is 10.3. The van der Waals surface area contributed by atoms with Gasteiger partial charge in [-0.15, -0.1) is 0 Å². The van der Waals surface area contributed by atoms with Crippen LogP contribution in [-0.4, -0.2) is 25.0 Å². The summed E-state index contributed by atoms with van der Waals surface area (Å²) in [5, 5.41) is 0.547. The summed E-state index contributed by atoms with van der Waals surface area (Å²) in [5.41, 5.74) is 0. The van der Waals surface area contributed by atoms with Crippen LogP contribution in [0.3, 0.4) is 0 Å². The van der Waals surface area contributed by atoms with Crippen molar-refractivity contribution in [2.75, 3.05) is 5.33 Å². The zero-order valence-corrected chi connectivity index (χ0v) is 10.9.